The second-order valence-corrected chi connectivity index (χ2v) is 11.4. The van der Waals surface area contributed by atoms with Crippen molar-refractivity contribution in [2.45, 2.75) is 32.6 Å². The number of aryl methyl sites for hydroxylation is 2. The number of benzene rings is 1. The lowest BCUT2D eigenvalue weighted by Gasteiger charge is -2.12. The Morgan fingerprint density at radius 1 is 1.11 bits per heavy atom. The normalized spacial score (nSPS) is 13.3. The van der Waals surface area contributed by atoms with Crippen molar-refractivity contribution in [3.05, 3.63) is 44.6 Å². The fourth-order valence-electron chi connectivity index (χ4n) is 4.09. The van der Waals surface area contributed by atoms with Crippen LogP contribution in [0.2, 0.25) is 0 Å². The molecule has 1 aliphatic rings. The van der Waals surface area contributed by atoms with Crippen LogP contribution in [0, 0.1) is 0 Å². The Bertz CT molecular complexity index is 1440. The molecule has 0 unspecified atom stereocenters. The number of methoxy groups -OCH3 is 1. The van der Waals surface area contributed by atoms with E-state index in [9.17, 15) is 19.2 Å². The van der Waals surface area contributed by atoms with E-state index in [1.807, 2.05) is 0 Å². The standard InChI is InChI=1S/C25H27N3O6S3/c1-4-34-24(32)21-15-7-5-6-8-17(15)36-22(21)26-19(29)12-35-13-20(30)27-25-28(2)16-10-9-14(23(31)33-3)11-18(16)37-25/h9-11H,4-8,12-13H2,1-3H3,(H,26,29). The van der Waals surface area contributed by atoms with Gasteiger partial charge in [0.05, 0.1) is 46.6 Å². The van der Waals surface area contributed by atoms with Gasteiger partial charge in [-0.15, -0.1) is 23.1 Å². The smallest absolute Gasteiger partial charge is 0.341 e. The summed E-state index contributed by atoms with van der Waals surface area (Å²) in [5.74, 6) is -1.42. The maximum atomic E-state index is 12.6. The summed E-state index contributed by atoms with van der Waals surface area (Å²) >= 11 is 3.89. The first kappa shape index (κ1) is 27.1. The minimum Gasteiger partial charge on any atom is -0.465 e. The molecule has 12 heteroatoms. The molecular weight excluding hydrogens is 534 g/mol. The number of ether oxygens (including phenoxy) is 2. The molecule has 0 bridgehead atoms. The van der Waals surface area contributed by atoms with Crippen LogP contribution < -0.4 is 10.1 Å². The minimum atomic E-state index is -0.431. The first-order valence-electron chi connectivity index (χ1n) is 11.8. The van der Waals surface area contributed by atoms with Crippen LogP contribution in [0.3, 0.4) is 0 Å². The molecule has 0 aliphatic heterocycles. The highest BCUT2D eigenvalue weighted by molar-refractivity contribution is 8.00. The summed E-state index contributed by atoms with van der Waals surface area (Å²) in [5, 5.41) is 3.38. The van der Waals surface area contributed by atoms with Gasteiger partial charge in [-0.1, -0.05) is 11.3 Å². The van der Waals surface area contributed by atoms with E-state index in [1.165, 1.54) is 29.8 Å². The van der Waals surface area contributed by atoms with Gasteiger partial charge in [-0.3, -0.25) is 9.59 Å². The average molecular weight is 562 g/mol. The average Bonchev–Trinajstić information content (AvgIpc) is 3.39. The lowest BCUT2D eigenvalue weighted by molar-refractivity contribution is -0.115. The van der Waals surface area contributed by atoms with Gasteiger partial charge in [-0.05, 0) is 56.4 Å². The van der Waals surface area contributed by atoms with Crippen LogP contribution >= 0.6 is 34.4 Å². The highest BCUT2D eigenvalue weighted by Gasteiger charge is 2.27. The monoisotopic (exact) mass is 561 g/mol. The summed E-state index contributed by atoms with van der Waals surface area (Å²) in [4.78, 5) is 55.3. The number of amides is 2. The molecule has 1 N–H and O–H groups in total. The first-order valence-corrected chi connectivity index (χ1v) is 14.6. The van der Waals surface area contributed by atoms with E-state index in [0.717, 1.165) is 58.1 Å². The van der Waals surface area contributed by atoms with E-state index >= 15 is 0 Å². The quantitative estimate of drug-likeness (QED) is 0.414. The van der Waals surface area contributed by atoms with E-state index in [2.05, 4.69) is 10.3 Å². The molecule has 37 heavy (non-hydrogen) atoms. The van der Waals surface area contributed by atoms with Gasteiger partial charge in [0.25, 0.3) is 5.91 Å². The number of aromatic nitrogens is 1. The lowest BCUT2D eigenvalue weighted by Crippen LogP contribution is -2.18. The van der Waals surface area contributed by atoms with Gasteiger partial charge in [0.15, 0.2) is 4.80 Å². The van der Waals surface area contributed by atoms with Crippen molar-refractivity contribution in [1.29, 1.82) is 0 Å². The Morgan fingerprint density at radius 3 is 2.65 bits per heavy atom. The Morgan fingerprint density at radius 2 is 1.89 bits per heavy atom. The number of rotatable bonds is 8. The van der Waals surface area contributed by atoms with E-state index in [-0.39, 0.29) is 29.9 Å². The number of nitrogens with zero attached hydrogens (tertiary/aromatic N) is 2. The highest BCUT2D eigenvalue weighted by Crippen LogP contribution is 2.38. The highest BCUT2D eigenvalue weighted by atomic mass is 32.2. The number of esters is 2. The fraction of sp³-hybridized carbons (Fsp3) is 0.400. The minimum absolute atomic E-state index is 0.0285. The van der Waals surface area contributed by atoms with Crippen molar-refractivity contribution < 1.29 is 28.7 Å². The number of anilines is 1. The van der Waals surface area contributed by atoms with Crippen LogP contribution in [0.25, 0.3) is 10.2 Å². The fourth-order valence-corrected chi connectivity index (χ4v) is 7.06. The van der Waals surface area contributed by atoms with Crippen molar-refractivity contribution in [2.75, 3.05) is 30.5 Å². The lowest BCUT2D eigenvalue weighted by atomic mass is 9.95. The summed E-state index contributed by atoms with van der Waals surface area (Å²) in [6, 6.07) is 5.16. The SMILES string of the molecule is CCOC(=O)c1c(NC(=O)CSCC(=O)N=c2sc3cc(C(=O)OC)ccc3n2C)sc2c1CCCC2. The number of hydrogen-bond acceptors (Lipinski definition) is 9. The number of thioether (sulfide) groups is 1. The van der Waals surface area contributed by atoms with Gasteiger partial charge >= 0.3 is 11.9 Å². The third kappa shape index (κ3) is 6.13. The molecule has 1 aliphatic carbocycles. The number of hydrogen-bond donors (Lipinski definition) is 1. The zero-order valence-corrected chi connectivity index (χ0v) is 23.2. The number of thiazole rings is 1. The van der Waals surface area contributed by atoms with Gasteiger partial charge in [0.2, 0.25) is 5.91 Å². The molecule has 2 heterocycles. The van der Waals surface area contributed by atoms with Gasteiger partial charge < -0.3 is 19.4 Å². The Labute approximate surface area is 225 Å². The van der Waals surface area contributed by atoms with Crippen molar-refractivity contribution in [1.82, 2.24) is 4.57 Å². The topological polar surface area (TPSA) is 116 Å². The van der Waals surface area contributed by atoms with Crippen LogP contribution in [-0.2, 0) is 39.0 Å². The molecule has 2 aromatic heterocycles. The number of thiophene rings is 1. The molecule has 0 radical (unpaired) electrons. The summed E-state index contributed by atoms with van der Waals surface area (Å²) in [6.07, 6.45) is 3.77. The van der Waals surface area contributed by atoms with Gasteiger partial charge in [-0.25, -0.2) is 9.59 Å². The molecular formula is C25H27N3O6S3. The van der Waals surface area contributed by atoms with Crippen LogP contribution in [0.1, 0.15) is 50.9 Å². The van der Waals surface area contributed by atoms with Crippen molar-refractivity contribution in [3.63, 3.8) is 0 Å². The largest absolute Gasteiger partial charge is 0.465 e. The van der Waals surface area contributed by atoms with Crippen molar-refractivity contribution in [3.8, 4) is 0 Å². The molecule has 2 amide bonds. The van der Waals surface area contributed by atoms with Crippen LogP contribution in [0.4, 0.5) is 5.00 Å². The van der Waals surface area contributed by atoms with Crippen LogP contribution in [0.5, 0.6) is 0 Å². The van der Waals surface area contributed by atoms with Crippen molar-refractivity contribution in [2.24, 2.45) is 12.0 Å². The van der Waals surface area contributed by atoms with E-state index in [0.29, 0.717) is 20.9 Å². The molecule has 3 aromatic rings. The van der Waals surface area contributed by atoms with E-state index < -0.39 is 11.9 Å². The summed E-state index contributed by atoms with van der Waals surface area (Å²) in [7, 11) is 3.12. The number of nitrogens with one attached hydrogen (secondary N) is 1. The molecule has 0 atom stereocenters. The van der Waals surface area contributed by atoms with Crippen LogP contribution in [-0.4, -0.2) is 53.5 Å². The zero-order chi connectivity index (χ0) is 26.5. The second-order valence-electron chi connectivity index (χ2n) is 8.30. The molecule has 0 saturated carbocycles. The summed E-state index contributed by atoms with van der Waals surface area (Å²) in [6.45, 7) is 2.02. The maximum Gasteiger partial charge on any atom is 0.341 e. The first-order chi connectivity index (χ1) is 17.8. The molecule has 196 valence electrons. The van der Waals surface area contributed by atoms with E-state index in [1.54, 1.807) is 36.7 Å². The maximum absolute atomic E-state index is 12.6. The van der Waals surface area contributed by atoms with Crippen molar-refractivity contribution >= 4 is 73.4 Å². The number of carbonyl (C=O) groups excluding carboxylic acids is 4. The Hall–Kier alpha value is -2.96. The number of fused-ring (bicyclic) bond motifs is 2. The third-order valence-corrected chi connectivity index (χ3v) is 9.03. The predicted molar refractivity (Wildman–Crippen MR) is 146 cm³/mol. The molecule has 0 spiro atoms. The zero-order valence-electron chi connectivity index (χ0n) is 20.8. The third-order valence-electron chi connectivity index (χ3n) is 5.81. The summed E-state index contributed by atoms with van der Waals surface area (Å²) in [5.41, 5.74) is 2.72. The Balaban J connectivity index is 1.39. The van der Waals surface area contributed by atoms with Gasteiger partial charge in [0, 0.05) is 11.9 Å². The summed E-state index contributed by atoms with van der Waals surface area (Å²) < 4.78 is 12.6. The molecule has 0 saturated heterocycles. The van der Waals surface area contributed by atoms with Gasteiger partial charge in [0.1, 0.15) is 5.00 Å². The van der Waals surface area contributed by atoms with Gasteiger partial charge in [-0.2, -0.15) is 4.99 Å². The van der Waals surface area contributed by atoms with Crippen LogP contribution in [0.15, 0.2) is 23.2 Å². The molecule has 1 aromatic carbocycles. The molecule has 4 rings (SSSR count). The molecule has 0 fully saturated rings. The van der Waals surface area contributed by atoms with E-state index in [4.69, 9.17) is 9.47 Å². The predicted octanol–water partition coefficient (Wildman–Crippen LogP) is 3.94. The Kier molecular flexibility index (Phi) is 8.83. The number of carbonyl (C=O) groups is 4. The molecule has 9 nitrogen and oxygen atoms in total. The second kappa shape index (κ2) is 12.1.